The van der Waals surface area contributed by atoms with Gasteiger partial charge in [-0.15, -0.1) is 0 Å². The van der Waals surface area contributed by atoms with Gasteiger partial charge in [0.1, 0.15) is 18.3 Å². The lowest BCUT2D eigenvalue weighted by atomic mass is 9.51. The Balaban J connectivity index is 0.996. The third-order valence-corrected chi connectivity index (χ3v) is 17.8. The molecule has 1 aromatic carbocycles. The van der Waals surface area contributed by atoms with Gasteiger partial charge in [-0.05, 0) is 113 Å². The van der Waals surface area contributed by atoms with Crippen molar-refractivity contribution >= 4 is 17.6 Å². The van der Waals surface area contributed by atoms with Gasteiger partial charge in [0.25, 0.3) is 0 Å². The van der Waals surface area contributed by atoms with Crippen LogP contribution in [0, 0.1) is 81.4 Å². The van der Waals surface area contributed by atoms with Crippen molar-refractivity contribution in [3.8, 4) is 0 Å². The molecule has 0 aromatic heterocycles. The fraction of sp³-hybridized carbons (Fsp3) is 0.830. The molecule has 1 aromatic rings. The van der Waals surface area contributed by atoms with Crippen molar-refractivity contribution < 1.29 is 60.7 Å². The van der Waals surface area contributed by atoms with E-state index in [-0.39, 0.29) is 72.5 Å². The number of carboxylic acids is 1. The summed E-state index contributed by atoms with van der Waals surface area (Å²) < 4.78 is 102. The zero-order chi connectivity index (χ0) is 44.1. The largest absolute Gasteiger partial charge is 0.480 e. The summed E-state index contributed by atoms with van der Waals surface area (Å²) in [5.74, 6) is -8.07. The molecule has 8 aliphatic heterocycles. The first-order valence-electron chi connectivity index (χ1n) is 23.4. The summed E-state index contributed by atoms with van der Waals surface area (Å²) in [5, 5.41) is 12.0. The van der Waals surface area contributed by atoms with E-state index in [9.17, 15) is 14.7 Å². The van der Waals surface area contributed by atoms with E-state index >= 15 is 17.6 Å². The fourth-order valence-electron chi connectivity index (χ4n) is 14.5. The number of nitrogens with one attached hydrogen (secondary N) is 1. The van der Waals surface area contributed by atoms with E-state index in [0.29, 0.717) is 43.3 Å². The lowest BCUT2D eigenvalue weighted by molar-refractivity contribution is -0.423. The predicted octanol–water partition coefficient (Wildman–Crippen LogP) is 8.31. The zero-order valence-corrected chi connectivity index (χ0v) is 37.1. The monoisotopic (exact) mass is 878 g/mol. The van der Waals surface area contributed by atoms with Crippen LogP contribution in [0.5, 0.6) is 0 Å². The van der Waals surface area contributed by atoms with E-state index < -0.39 is 83.7 Å². The molecule has 1 amide bonds. The number of carboxylic acid groups (broad SMARTS) is 1. The van der Waals surface area contributed by atoms with Crippen LogP contribution in [0.25, 0.3) is 0 Å². The minimum atomic E-state index is -1.63. The van der Waals surface area contributed by atoms with Crippen molar-refractivity contribution in [2.75, 3.05) is 31.2 Å². The number of hydrogen-bond donors (Lipinski definition) is 2. The number of halogens is 4. The maximum Gasteiger partial charge on any atom is 0.322 e. The highest BCUT2D eigenvalue weighted by molar-refractivity contribution is 5.88. The molecule has 2 aliphatic carbocycles. The summed E-state index contributed by atoms with van der Waals surface area (Å²) in [7, 11) is 0. The normalized spacial score (nSPS) is 44.7. The van der Waals surface area contributed by atoms with Crippen LogP contribution < -0.4 is 10.2 Å². The Labute approximate surface area is 362 Å². The van der Waals surface area contributed by atoms with Crippen molar-refractivity contribution in [3.63, 3.8) is 0 Å². The molecule has 5 unspecified atom stereocenters. The van der Waals surface area contributed by atoms with Crippen molar-refractivity contribution in [1.29, 1.82) is 0 Å². The molecule has 62 heavy (non-hydrogen) atoms. The molecule has 11 nitrogen and oxygen atoms in total. The third-order valence-electron chi connectivity index (χ3n) is 17.8. The quantitative estimate of drug-likeness (QED) is 0.157. The van der Waals surface area contributed by atoms with Gasteiger partial charge in [-0.25, -0.2) is 17.6 Å². The predicted molar refractivity (Wildman–Crippen MR) is 217 cm³/mol. The number of ether oxygens (including phenoxy) is 6. The molecule has 2 saturated carbocycles. The van der Waals surface area contributed by atoms with Gasteiger partial charge >= 0.3 is 5.97 Å². The van der Waals surface area contributed by atoms with Crippen molar-refractivity contribution in [3.05, 3.63) is 29.3 Å². The molecule has 2 spiro atoms. The van der Waals surface area contributed by atoms with Gasteiger partial charge in [-0.1, -0.05) is 40.5 Å². The third kappa shape index (κ3) is 7.20. The number of amides is 1. The molecule has 346 valence electrons. The molecular weight excluding hydrogens is 813 g/mol. The Morgan fingerprint density at radius 2 is 1.26 bits per heavy atom. The molecule has 17 atom stereocenters. The molecule has 8 saturated heterocycles. The second-order valence-corrected chi connectivity index (χ2v) is 21.0. The average Bonchev–Trinajstić information content (AvgIpc) is 3.60. The minimum absolute atomic E-state index is 0.0168. The summed E-state index contributed by atoms with van der Waals surface area (Å²) in [6.45, 7) is 12.9. The van der Waals surface area contributed by atoms with E-state index in [1.807, 2.05) is 13.8 Å². The van der Waals surface area contributed by atoms with Crippen LogP contribution in [-0.2, 0) is 38.0 Å². The molecule has 2 N–H and O–H groups in total. The number of benzene rings is 1. The topological polar surface area (TPSA) is 125 Å². The van der Waals surface area contributed by atoms with Crippen LogP contribution in [0.15, 0.2) is 6.07 Å². The Bertz CT molecular complexity index is 1870. The summed E-state index contributed by atoms with van der Waals surface area (Å²) in [6, 6.07) is -1.28. The molecule has 10 fully saturated rings. The smallest absolute Gasteiger partial charge is 0.322 e. The highest BCUT2D eigenvalue weighted by Gasteiger charge is 2.68. The van der Waals surface area contributed by atoms with Crippen molar-refractivity contribution in [2.24, 2.45) is 58.2 Å². The van der Waals surface area contributed by atoms with Gasteiger partial charge in [-0.3, -0.25) is 9.59 Å². The lowest BCUT2D eigenvalue weighted by Crippen LogP contribution is -2.66. The highest BCUT2D eigenvalue weighted by atomic mass is 19.2. The number of nitrogens with zero attached hydrogens (tertiary/aromatic N) is 1. The first kappa shape index (κ1) is 44.6. The van der Waals surface area contributed by atoms with E-state index in [1.54, 1.807) is 0 Å². The number of fused-ring (bicyclic) bond motifs is 4. The maximum atomic E-state index is 16.0. The number of carbonyl (C=O) groups is 2. The molecule has 4 bridgehead atoms. The number of rotatable bonds is 12. The molecule has 0 radical (unpaired) electrons. The standard InChI is InChI=1S/C47H66F4N2O9/c1-24-9-11-30-26(3)35(59-42-46(30)22-57-44(5,61-42)17-15-28(24)46)8-7-19-53(40-38(50)32(48)20-33(49)39(40)51)34(41(56)52-21-37(54)55)13-14-36-27(4)31-12-10-25(2)29-16-18-45(6)58-23-47(29,31)43(60-36)62-45/h20,24-31,34-36,42-43H,7-19,21-23H2,1-6H3,(H,52,56)(H,54,55)/t24-,25-,26-,27-,28?,29?,30?,31?,34?,35-,36-,42-,43-,44-,45-,46+,47+/m1/s1. The second-order valence-electron chi connectivity index (χ2n) is 21.0. The number of anilines is 1. The molecule has 11 rings (SSSR count). The van der Waals surface area contributed by atoms with Gasteiger partial charge in [0.15, 0.2) is 47.4 Å². The number of hydrogen-bond acceptors (Lipinski definition) is 9. The van der Waals surface area contributed by atoms with Crippen LogP contribution in [0.3, 0.4) is 0 Å². The summed E-state index contributed by atoms with van der Waals surface area (Å²) in [4.78, 5) is 27.0. The van der Waals surface area contributed by atoms with Crippen molar-refractivity contribution in [1.82, 2.24) is 5.32 Å². The summed E-state index contributed by atoms with van der Waals surface area (Å²) >= 11 is 0. The van der Waals surface area contributed by atoms with E-state index in [1.165, 1.54) is 0 Å². The van der Waals surface area contributed by atoms with E-state index in [0.717, 1.165) is 56.3 Å². The van der Waals surface area contributed by atoms with E-state index in [2.05, 4.69) is 33.0 Å². The van der Waals surface area contributed by atoms with Crippen LogP contribution in [0.1, 0.15) is 119 Å². The Morgan fingerprint density at radius 3 is 1.76 bits per heavy atom. The summed E-state index contributed by atoms with van der Waals surface area (Å²) in [5.41, 5.74) is -1.65. The van der Waals surface area contributed by atoms with E-state index in [4.69, 9.17) is 28.4 Å². The summed E-state index contributed by atoms with van der Waals surface area (Å²) in [6.07, 6.45) is 6.45. The fourth-order valence-corrected chi connectivity index (χ4v) is 14.5. The van der Waals surface area contributed by atoms with Crippen LogP contribution in [0.2, 0.25) is 0 Å². The van der Waals surface area contributed by atoms with Gasteiger partial charge in [0.05, 0.1) is 36.3 Å². The highest BCUT2D eigenvalue weighted by Crippen LogP contribution is 2.65. The van der Waals surface area contributed by atoms with Crippen LogP contribution >= 0.6 is 0 Å². The first-order chi connectivity index (χ1) is 29.4. The van der Waals surface area contributed by atoms with Crippen molar-refractivity contribution in [2.45, 2.75) is 161 Å². The van der Waals surface area contributed by atoms with Gasteiger partial charge in [0, 0.05) is 25.5 Å². The Hall–Kier alpha value is -2.56. The second kappa shape index (κ2) is 16.4. The Morgan fingerprint density at radius 1 is 0.758 bits per heavy atom. The number of aliphatic carboxylic acids is 1. The SMILES string of the molecule is C[C@@H]1CCC2[C@@H](C)[C@@H](CCCN(c3c(F)c(F)cc(F)c3F)C(CC[C@H]3O[C@@H]4O[C@]5(C)CCC6[C@H](C)CCC([C@H]3C)[C@]64CO5)C(=O)NCC(=O)O)O[C@@H]3O[C@]4(C)CCC1[C@@]23CO4. The van der Waals surface area contributed by atoms with Gasteiger partial charge in [0.2, 0.25) is 5.91 Å². The molecular formula is C47H66F4N2O9. The molecule has 8 heterocycles. The Kier molecular flexibility index (Phi) is 11.8. The first-order valence-corrected chi connectivity index (χ1v) is 23.4. The minimum Gasteiger partial charge on any atom is -0.480 e. The van der Waals surface area contributed by atoms with Crippen LogP contribution in [-0.4, -0.2) is 85.7 Å². The van der Waals surface area contributed by atoms with Crippen LogP contribution in [0.4, 0.5) is 23.2 Å². The van der Waals surface area contributed by atoms with Gasteiger partial charge in [-0.2, -0.15) is 0 Å². The average molecular weight is 879 g/mol. The molecule has 15 heteroatoms. The zero-order valence-electron chi connectivity index (χ0n) is 37.1. The number of carbonyl (C=O) groups excluding carboxylic acids is 1. The maximum absolute atomic E-state index is 16.0. The van der Waals surface area contributed by atoms with Gasteiger partial charge < -0.3 is 43.7 Å². The lowest BCUT2D eigenvalue weighted by Gasteiger charge is -2.62. The molecule has 10 aliphatic rings.